The molecule has 0 aliphatic carbocycles. The highest BCUT2D eigenvalue weighted by Gasteiger charge is 2.39. The van der Waals surface area contributed by atoms with Crippen LogP contribution in [0.3, 0.4) is 0 Å². The number of amides is 1. The van der Waals surface area contributed by atoms with Crippen molar-refractivity contribution in [1.29, 1.82) is 0 Å². The lowest BCUT2D eigenvalue weighted by Crippen LogP contribution is -2.43. The summed E-state index contributed by atoms with van der Waals surface area (Å²) in [5.41, 5.74) is -0.721. The summed E-state index contributed by atoms with van der Waals surface area (Å²) >= 11 is 1.51. The average molecular weight is 307 g/mol. The molecule has 1 aromatic carbocycles. The molecule has 1 aliphatic rings. The second-order valence-corrected chi connectivity index (χ2v) is 6.07. The molecule has 3 rings (SSSR count). The molecule has 110 valence electrons. The average Bonchev–Trinajstić information content (AvgIpc) is 3.13. The van der Waals surface area contributed by atoms with Gasteiger partial charge in [-0.1, -0.05) is 0 Å². The normalized spacial score (nSPS) is 21.4. The van der Waals surface area contributed by atoms with Gasteiger partial charge in [0.25, 0.3) is 5.91 Å². The van der Waals surface area contributed by atoms with Gasteiger partial charge in [0.2, 0.25) is 0 Å². The lowest BCUT2D eigenvalue weighted by Gasteiger charge is -2.20. The number of furan rings is 1. The first-order valence-electron chi connectivity index (χ1n) is 6.53. The molecule has 1 aromatic heterocycles. The summed E-state index contributed by atoms with van der Waals surface area (Å²) in [6.07, 6.45) is 1.90. The molecule has 1 fully saturated rings. The predicted octanol–water partition coefficient (Wildman–Crippen LogP) is 2.89. The first kappa shape index (κ1) is 14.2. The van der Waals surface area contributed by atoms with E-state index in [1.54, 1.807) is 18.2 Å². The molecule has 4 nitrogen and oxygen atoms in total. The molecule has 1 saturated heterocycles. The van der Waals surface area contributed by atoms with E-state index in [0.29, 0.717) is 23.5 Å². The minimum Gasteiger partial charge on any atom is -0.464 e. The number of nitrogens with one attached hydrogen (secondary N) is 1. The van der Waals surface area contributed by atoms with Gasteiger partial charge in [0.15, 0.2) is 5.60 Å². The number of hydrogen-bond acceptors (Lipinski definition) is 4. The maximum absolute atomic E-state index is 13.9. The van der Waals surface area contributed by atoms with Gasteiger partial charge in [-0.05, 0) is 42.5 Å². The van der Waals surface area contributed by atoms with Crippen molar-refractivity contribution in [3.8, 4) is 11.3 Å². The van der Waals surface area contributed by atoms with Crippen molar-refractivity contribution in [2.75, 3.05) is 16.8 Å². The van der Waals surface area contributed by atoms with Gasteiger partial charge in [-0.2, -0.15) is 11.8 Å². The Labute approximate surface area is 125 Å². The van der Waals surface area contributed by atoms with Gasteiger partial charge >= 0.3 is 0 Å². The zero-order chi connectivity index (χ0) is 14.9. The summed E-state index contributed by atoms with van der Waals surface area (Å²) in [6.45, 7) is 0. The van der Waals surface area contributed by atoms with Crippen molar-refractivity contribution >= 4 is 23.4 Å². The summed E-state index contributed by atoms with van der Waals surface area (Å²) in [6, 6.07) is 7.82. The first-order chi connectivity index (χ1) is 10.1. The fourth-order valence-electron chi connectivity index (χ4n) is 2.19. The van der Waals surface area contributed by atoms with E-state index in [1.807, 2.05) is 0 Å². The molecule has 0 spiro atoms. The molecule has 1 atom stereocenters. The lowest BCUT2D eigenvalue weighted by molar-refractivity contribution is -0.131. The van der Waals surface area contributed by atoms with Crippen molar-refractivity contribution in [3.63, 3.8) is 0 Å². The number of carbonyl (C=O) groups excluding carboxylic acids is 1. The van der Waals surface area contributed by atoms with Gasteiger partial charge in [0, 0.05) is 11.3 Å². The van der Waals surface area contributed by atoms with E-state index >= 15 is 0 Å². The van der Waals surface area contributed by atoms with E-state index in [1.165, 1.54) is 30.2 Å². The zero-order valence-corrected chi connectivity index (χ0v) is 12.0. The molecule has 0 radical (unpaired) electrons. The van der Waals surface area contributed by atoms with Crippen LogP contribution >= 0.6 is 11.8 Å². The highest BCUT2D eigenvalue weighted by Crippen LogP contribution is 2.30. The molecule has 2 N–H and O–H groups in total. The Kier molecular flexibility index (Phi) is 3.73. The van der Waals surface area contributed by atoms with E-state index in [2.05, 4.69) is 5.32 Å². The lowest BCUT2D eigenvalue weighted by atomic mass is 10.0. The van der Waals surface area contributed by atoms with Crippen LogP contribution in [0.1, 0.15) is 6.42 Å². The Balaban J connectivity index is 1.85. The van der Waals surface area contributed by atoms with Gasteiger partial charge in [0.05, 0.1) is 12.0 Å². The Morgan fingerprint density at radius 3 is 2.95 bits per heavy atom. The van der Waals surface area contributed by atoms with Crippen molar-refractivity contribution in [1.82, 2.24) is 0 Å². The molecular weight excluding hydrogens is 293 g/mol. The van der Waals surface area contributed by atoms with Crippen molar-refractivity contribution < 1.29 is 18.7 Å². The predicted molar refractivity (Wildman–Crippen MR) is 79.6 cm³/mol. The maximum Gasteiger partial charge on any atom is 0.257 e. The number of aliphatic hydroxyl groups is 1. The standard InChI is InChI=1S/C15H14FNO3S/c16-11-4-3-10(13-2-1-6-20-13)8-12(11)17-14(18)15(19)5-7-21-9-15/h1-4,6,8,19H,5,7,9H2,(H,17,18). The third kappa shape index (κ3) is 2.82. The van der Waals surface area contributed by atoms with Crippen molar-refractivity contribution in [2.24, 2.45) is 0 Å². The van der Waals surface area contributed by atoms with Gasteiger partial charge in [-0.15, -0.1) is 0 Å². The van der Waals surface area contributed by atoms with Crippen molar-refractivity contribution in [3.05, 3.63) is 42.4 Å². The highest BCUT2D eigenvalue weighted by molar-refractivity contribution is 7.99. The number of rotatable bonds is 3. The third-order valence-corrected chi connectivity index (χ3v) is 4.62. The zero-order valence-electron chi connectivity index (χ0n) is 11.1. The maximum atomic E-state index is 13.9. The number of halogens is 1. The van der Waals surface area contributed by atoms with Crippen LogP contribution in [0.15, 0.2) is 41.0 Å². The van der Waals surface area contributed by atoms with E-state index in [-0.39, 0.29) is 5.69 Å². The number of thioether (sulfide) groups is 1. The van der Waals surface area contributed by atoms with Gasteiger partial charge < -0.3 is 14.8 Å². The second-order valence-electron chi connectivity index (χ2n) is 4.96. The van der Waals surface area contributed by atoms with Crippen molar-refractivity contribution in [2.45, 2.75) is 12.0 Å². The summed E-state index contributed by atoms with van der Waals surface area (Å²) in [4.78, 5) is 12.1. The molecule has 2 aromatic rings. The molecular formula is C15H14FNO3S. The Hall–Kier alpha value is -1.79. The number of benzene rings is 1. The van der Waals surface area contributed by atoms with E-state index in [9.17, 15) is 14.3 Å². The number of carbonyl (C=O) groups is 1. The van der Waals surface area contributed by atoms with Crippen LogP contribution in [0.25, 0.3) is 11.3 Å². The van der Waals surface area contributed by atoms with Crippen LogP contribution < -0.4 is 5.32 Å². The minimum atomic E-state index is -1.42. The quantitative estimate of drug-likeness (QED) is 0.915. The van der Waals surface area contributed by atoms with E-state index < -0.39 is 17.3 Å². The van der Waals surface area contributed by atoms with Gasteiger partial charge in [0.1, 0.15) is 11.6 Å². The van der Waals surface area contributed by atoms with Crippen LogP contribution in [0.2, 0.25) is 0 Å². The van der Waals surface area contributed by atoms with Gasteiger partial charge in [-0.25, -0.2) is 4.39 Å². The molecule has 1 amide bonds. The van der Waals surface area contributed by atoms with Crippen LogP contribution in [0.5, 0.6) is 0 Å². The number of anilines is 1. The molecule has 0 saturated carbocycles. The number of hydrogen-bond donors (Lipinski definition) is 2. The van der Waals surface area contributed by atoms with Crippen LogP contribution in [0.4, 0.5) is 10.1 Å². The monoisotopic (exact) mass is 307 g/mol. The first-order valence-corrected chi connectivity index (χ1v) is 7.69. The Morgan fingerprint density at radius 2 is 2.29 bits per heavy atom. The van der Waals surface area contributed by atoms with Crippen LogP contribution in [0, 0.1) is 5.82 Å². The molecule has 1 aliphatic heterocycles. The summed E-state index contributed by atoms with van der Waals surface area (Å²) in [5, 5.41) is 12.7. The van der Waals surface area contributed by atoms with E-state index in [4.69, 9.17) is 4.42 Å². The minimum absolute atomic E-state index is 0.0409. The Morgan fingerprint density at radius 1 is 1.43 bits per heavy atom. The molecule has 21 heavy (non-hydrogen) atoms. The molecule has 6 heteroatoms. The fourth-order valence-corrected chi connectivity index (χ4v) is 3.43. The van der Waals surface area contributed by atoms with Crippen LogP contribution in [-0.4, -0.2) is 28.1 Å². The molecule has 0 bridgehead atoms. The Bertz CT molecular complexity index is 651. The summed E-state index contributed by atoms with van der Waals surface area (Å²) in [7, 11) is 0. The van der Waals surface area contributed by atoms with E-state index in [0.717, 1.165) is 5.75 Å². The van der Waals surface area contributed by atoms with Crippen LogP contribution in [-0.2, 0) is 4.79 Å². The fraction of sp³-hybridized carbons (Fsp3) is 0.267. The summed E-state index contributed by atoms with van der Waals surface area (Å²) < 4.78 is 19.1. The molecule has 2 heterocycles. The summed E-state index contributed by atoms with van der Waals surface area (Å²) in [5.74, 6) is 0.522. The highest BCUT2D eigenvalue weighted by atomic mass is 32.2. The third-order valence-electron chi connectivity index (χ3n) is 3.44. The van der Waals surface area contributed by atoms with Gasteiger partial charge in [-0.3, -0.25) is 4.79 Å². The SMILES string of the molecule is O=C(Nc1cc(-c2ccco2)ccc1F)C1(O)CCSC1. The second kappa shape index (κ2) is 5.54. The largest absolute Gasteiger partial charge is 0.464 e. The topological polar surface area (TPSA) is 62.5 Å². The smallest absolute Gasteiger partial charge is 0.257 e. The molecule has 1 unspecified atom stereocenters.